The van der Waals surface area contributed by atoms with Crippen LogP contribution in [0.1, 0.15) is 5.56 Å². The van der Waals surface area contributed by atoms with Crippen LogP contribution in [-0.4, -0.2) is 33.8 Å². The first-order valence-electron chi connectivity index (χ1n) is 5.94. The third-order valence-electron chi connectivity index (χ3n) is 2.53. The molecular weight excluding hydrogens is 322 g/mol. The van der Waals surface area contributed by atoms with Gasteiger partial charge in [0.2, 0.25) is 0 Å². The van der Waals surface area contributed by atoms with Gasteiger partial charge in [0.1, 0.15) is 0 Å². The van der Waals surface area contributed by atoms with Gasteiger partial charge in [-0.2, -0.15) is 0 Å². The Morgan fingerprint density at radius 1 is 1.35 bits per heavy atom. The molecule has 0 aromatic heterocycles. The third-order valence-corrected chi connectivity index (χ3v) is 3.12. The van der Waals surface area contributed by atoms with E-state index in [2.05, 4.69) is 37.5 Å². The first-order chi connectivity index (χ1) is 9.65. The van der Waals surface area contributed by atoms with E-state index in [1.807, 2.05) is 12.1 Å². The Balaban J connectivity index is 2.78. The minimum Gasteiger partial charge on any atom is -0.493 e. The van der Waals surface area contributed by atoms with E-state index >= 15 is 0 Å². The molecule has 0 unspecified atom stereocenters. The van der Waals surface area contributed by atoms with Crippen molar-refractivity contribution < 1.29 is 9.47 Å². The fraction of sp³-hybridized carbons (Fsp3) is 0.357. The molecule has 0 aliphatic rings. The lowest BCUT2D eigenvalue weighted by Gasteiger charge is -2.14. The number of benzene rings is 1. The van der Waals surface area contributed by atoms with Crippen molar-refractivity contribution in [1.82, 2.24) is 10.6 Å². The van der Waals surface area contributed by atoms with Crippen molar-refractivity contribution in [1.29, 1.82) is 0 Å². The highest BCUT2D eigenvalue weighted by Gasteiger charge is 2.10. The average molecular weight is 340 g/mol. The molecule has 108 valence electrons. The van der Waals surface area contributed by atoms with Crippen molar-refractivity contribution in [3.63, 3.8) is 0 Å². The smallest absolute Gasteiger partial charge is 0.192 e. The zero-order valence-electron chi connectivity index (χ0n) is 11.8. The van der Waals surface area contributed by atoms with Crippen LogP contribution in [0.25, 0.3) is 0 Å². The van der Waals surface area contributed by atoms with Crippen molar-refractivity contribution >= 4 is 21.9 Å². The van der Waals surface area contributed by atoms with Crippen LogP contribution in [0, 0.1) is 12.3 Å². The van der Waals surface area contributed by atoms with Gasteiger partial charge in [0.15, 0.2) is 17.5 Å². The first-order valence-corrected chi connectivity index (χ1v) is 6.74. The van der Waals surface area contributed by atoms with E-state index in [1.54, 1.807) is 21.3 Å². The molecule has 2 N–H and O–H groups in total. The molecule has 0 atom stereocenters. The largest absolute Gasteiger partial charge is 0.493 e. The molecule has 0 saturated carbocycles. The molecule has 6 heteroatoms. The SMILES string of the molecule is C#CCNC(=NC)NCc1cc(Br)c(OC)c(OC)c1. The van der Waals surface area contributed by atoms with Crippen LogP contribution in [0.3, 0.4) is 0 Å². The summed E-state index contributed by atoms with van der Waals surface area (Å²) in [6, 6.07) is 3.87. The third kappa shape index (κ3) is 4.35. The van der Waals surface area contributed by atoms with Gasteiger partial charge in [-0.05, 0) is 33.6 Å². The second-order valence-electron chi connectivity index (χ2n) is 3.80. The molecule has 0 aliphatic carbocycles. The summed E-state index contributed by atoms with van der Waals surface area (Å²) in [7, 11) is 4.90. The number of methoxy groups -OCH3 is 2. The normalized spacial score (nSPS) is 10.7. The molecular formula is C14H18BrN3O2. The molecule has 0 radical (unpaired) electrons. The summed E-state index contributed by atoms with van der Waals surface area (Å²) in [5, 5.41) is 6.15. The molecule has 0 amide bonds. The number of hydrogen-bond acceptors (Lipinski definition) is 3. The summed E-state index contributed by atoms with van der Waals surface area (Å²) in [5.41, 5.74) is 1.03. The lowest BCUT2D eigenvalue weighted by molar-refractivity contribution is 0.352. The number of ether oxygens (including phenoxy) is 2. The van der Waals surface area contributed by atoms with E-state index in [-0.39, 0.29) is 0 Å². The second-order valence-corrected chi connectivity index (χ2v) is 4.65. The standard InChI is InChI=1S/C14H18BrN3O2/c1-5-6-17-14(16-2)18-9-10-7-11(15)13(20-4)12(8-10)19-3/h1,7-8H,6,9H2,2-4H3,(H2,16,17,18). The quantitative estimate of drug-likeness (QED) is 0.487. The summed E-state index contributed by atoms with van der Waals surface area (Å²) >= 11 is 3.46. The Hall–Kier alpha value is -1.87. The molecule has 0 saturated heterocycles. The molecule has 0 fully saturated rings. The zero-order chi connectivity index (χ0) is 15.0. The second kappa shape index (κ2) is 8.33. The molecule has 0 heterocycles. The van der Waals surface area contributed by atoms with E-state index in [9.17, 15) is 0 Å². The summed E-state index contributed by atoms with van der Waals surface area (Å²) in [4.78, 5) is 4.07. The predicted molar refractivity (Wildman–Crippen MR) is 84.3 cm³/mol. The predicted octanol–water partition coefficient (Wildman–Crippen LogP) is 1.76. The highest BCUT2D eigenvalue weighted by atomic mass is 79.9. The monoisotopic (exact) mass is 339 g/mol. The lowest BCUT2D eigenvalue weighted by atomic mass is 10.2. The molecule has 1 aromatic carbocycles. The highest BCUT2D eigenvalue weighted by Crippen LogP contribution is 2.36. The van der Waals surface area contributed by atoms with Gasteiger partial charge < -0.3 is 20.1 Å². The van der Waals surface area contributed by atoms with Gasteiger partial charge in [0, 0.05) is 13.6 Å². The zero-order valence-corrected chi connectivity index (χ0v) is 13.4. The molecule has 0 spiro atoms. The fourth-order valence-electron chi connectivity index (χ4n) is 1.61. The number of hydrogen-bond donors (Lipinski definition) is 2. The summed E-state index contributed by atoms with van der Waals surface area (Å²) in [5.74, 6) is 4.49. The maximum Gasteiger partial charge on any atom is 0.192 e. The van der Waals surface area contributed by atoms with Crippen LogP contribution >= 0.6 is 15.9 Å². The first kappa shape index (κ1) is 16.2. The number of guanidine groups is 1. The van der Waals surface area contributed by atoms with Crippen molar-refractivity contribution in [3.8, 4) is 23.8 Å². The number of nitrogens with one attached hydrogen (secondary N) is 2. The van der Waals surface area contributed by atoms with E-state index in [0.717, 1.165) is 10.0 Å². The minimum absolute atomic E-state index is 0.426. The topological polar surface area (TPSA) is 54.9 Å². The number of nitrogens with zero attached hydrogens (tertiary/aromatic N) is 1. The molecule has 0 aliphatic heterocycles. The minimum atomic E-state index is 0.426. The van der Waals surface area contributed by atoms with Crippen LogP contribution in [0.5, 0.6) is 11.5 Å². The number of aliphatic imine (C=N–C) groups is 1. The van der Waals surface area contributed by atoms with Gasteiger partial charge >= 0.3 is 0 Å². The Morgan fingerprint density at radius 3 is 2.65 bits per heavy atom. The van der Waals surface area contributed by atoms with Crippen molar-refractivity contribution in [3.05, 3.63) is 22.2 Å². The molecule has 1 aromatic rings. The molecule has 20 heavy (non-hydrogen) atoms. The van der Waals surface area contributed by atoms with Gasteiger partial charge in [0.05, 0.1) is 25.2 Å². The van der Waals surface area contributed by atoms with Crippen LogP contribution in [0.15, 0.2) is 21.6 Å². The van der Waals surface area contributed by atoms with Gasteiger partial charge in [-0.3, -0.25) is 4.99 Å². The van der Waals surface area contributed by atoms with Crippen LogP contribution in [0.2, 0.25) is 0 Å². The van der Waals surface area contributed by atoms with E-state index in [1.165, 1.54) is 0 Å². The van der Waals surface area contributed by atoms with Crippen LogP contribution in [-0.2, 0) is 6.54 Å². The maximum absolute atomic E-state index is 5.30. The number of terminal acetylenes is 1. The van der Waals surface area contributed by atoms with E-state index in [0.29, 0.717) is 30.5 Å². The van der Waals surface area contributed by atoms with E-state index < -0.39 is 0 Å². The van der Waals surface area contributed by atoms with Gasteiger partial charge in [-0.1, -0.05) is 5.92 Å². The van der Waals surface area contributed by atoms with Crippen molar-refractivity contribution in [2.75, 3.05) is 27.8 Å². The summed E-state index contributed by atoms with van der Waals surface area (Å²) in [6.45, 7) is 1.01. The summed E-state index contributed by atoms with van der Waals surface area (Å²) < 4.78 is 11.4. The van der Waals surface area contributed by atoms with Gasteiger partial charge in [0.25, 0.3) is 0 Å². The van der Waals surface area contributed by atoms with E-state index in [4.69, 9.17) is 15.9 Å². The van der Waals surface area contributed by atoms with Crippen LogP contribution < -0.4 is 20.1 Å². The summed E-state index contributed by atoms with van der Waals surface area (Å²) in [6.07, 6.45) is 5.20. The number of halogens is 1. The molecule has 1 rings (SSSR count). The van der Waals surface area contributed by atoms with Crippen molar-refractivity contribution in [2.24, 2.45) is 4.99 Å². The van der Waals surface area contributed by atoms with Crippen molar-refractivity contribution in [2.45, 2.75) is 6.54 Å². The molecule has 0 bridgehead atoms. The Bertz CT molecular complexity index is 524. The maximum atomic E-state index is 5.30. The highest BCUT2D eigenvalue weighted by molar-refractivity contribution is 9.10. The molecule has 5 nitrogen and oxygen atoms in total. The lowest BCUT2D eigenvalue weighted by Crippen LogP contribution is -2.36. The van der Waals surface area contributed by atoms with Gasteiger partial charge in [-0.15, -0.1) is 6.42 Å². The van der Waals surface area contributed by atoms with Gasteiger partial charge in [-0.25, -0.2) is 0 Å². The Morgan fingerprint density at radius 2 is 2.10 bits per heavy atom. The van der Waals surface area contributed by atoms with Crippen LogP contribution in [0.4, 0.5) is 0 Å². The Kier molecular flexibility index (Phi) is 6.74. The fourth-order valence-corrected chi connectivity index (χ4v) is 2.27. The Labute approximate surface area is 127 Å². The average Bonchev–Trinajstić information content (AvgIpc) is 2.46. The number of rotatable bonds is 5.